The van der Waals surface area contributed by atoms with Crippen LogP contribution in [0.15, 0.2) is 11.0 Å². The molecule has 0 saturated heterocycles. The van der Waals surface area contributed by atoms with Gasteiger partial charge in [-0.15, -0.1) is 11.3 Å². The molecule has 0 atom stereocenters. The molecule has 1 aromatic heterocycles. The van der Waals surface area contributed by atoms with E-state index in [4.69, 9.17) is 23.2 Å². The Labute approximate surface area is 108 Å². The molecule has 0 aliphatic heterocycles. The summed E-state index contributed by atoms with van der Waals surface area (Å²) in [6.07, 6.45) is -4.64. The minimum atomic E-state index is -4.64. The third kappa shape index (κ3) is 4.60. The topological polar surface area (TPSA) is 55.4 Å². The van der Waals surface area contributed by atoms with Crippen molar-refractivity contribution in [3.05, 3.63) is 14.7 Å². The van der Waals surface area contributed by atoms with Crippen molar-refractivity contribution in [3.63, 3.8) is 0 Å². The average Bonchev–Trinajstić information content (AvgIpc) is 2.43. The zero-order valence-corrected chi connectivity index (χ0v) is 10.9. The summed E-state index contributed by atoms with van der Waals surface area (Å²) in [5.41, 5.74) is 0. The molecule has 98 valence electrons. The highest BCUT2D eigenvalue weighted by Crippen LogP contribution is 2.34. The number of hydrogen-bond acceptors (Lipinski definition) is 4. The first kappa shape index (κ1) is 15.0. The summed E-state index contributed by atoms with van der Waals surface area (Å²) in [5.74, 6) is 0. The molecule has 1 N–H and O–H groups in total. The van der Waals surface area contributed by atoms with E-state index in [9.17, 15) is 21.6 Å². The quantitative estimate of drug-likeness (QED) is 0.864. The maximum atomic E-state index is 11.7. The lowest BCUT2D eigenvalue weighted by Gasteiger charge is -2.08. The molecule has 1 aromatic rings. The zero-order chi connectivity index (χ0) is 13.3. The highest BCUT2D eigenvalue weighted by molar-refractivity contribution is 7.89. The molecule has 4 nitrogen and oxygen atoms in total. The second-order valence-electron chi connectivity index (χ2n) is 2.68. The standard InChI is InChI=1S/C6H4Cl2F3NO3S2/c7-4-1-3(5(8)16-4)17(13,14)12-15-2-6(9,10)11/h1,12H,2H2. The number of halogens is 5. The highest BCUT2D eigenvalue weighted by atomic mass is 35.5. The van der Waals surface area contributed by atoms with Crippen LogP contribution < -0.4 is 4.89 Å². The summed E-state index contributed by atoms with van der Waals surface area (Å²) < 4.78 is 57.9. The van der Waals surface area contributed by atoms with Crippen LogP contribution in [0.1, 0.15) is 0 Å². The van der Waals surface area contributed by atoms with Crippen LogP contribution in [0.2, 0.25) is 8.67 Å². The highest BCUT2D eigenvalue weighted by Gasteiger charge is 2.29. The summed E-state index contributed by atoms with van der Waals surface area (Å²) in [4.78, 5) is 4.69. The van der Waals surface area contributed by atoms with Crippen molar-refractivity contribution in [1.29, 1.82) is 0 Å². The van der Waals surface area contributed by atoms with Gasteiger partial charge < -0.3 is 0 Å². The van der Waals surface area contributed by atoms with Gasteiger partial charge in [0.15, 0.2) is 6.61 Å². The molecular formula is C6H4Cl2F3NO3S2. The Kier molecular flexibility index (Phi) is 4.67. The van der Waals surface area contributed by atoms with Crippen LogP contribution in [-0.2, 0) is 14.9 Å². The van der Waals surface area contributed by atoms with Crippen molar-refractivity contribution in [1.82, 2.24) is 4.89 Å². The van der Waals surface area contributed by atoms with Crippen molar-refractivity contribution in [2.45, 2.75) is 11.1 Å². The molecule has 1 heterocycles. The molecule has 0 amide bonds. The van der Waals surface area contributed by atoms with Gasteiger partial charge in [-0.3, -0.25) is 4.84 Å². The predicted molar refractivity (Wildman–Crippen MR) is 56.7 cm³/mol. The van der Waals surface area contributed by atoms with Crippen LogP contribution in [0, 0.1) is 0 Å². The third-order valence-corrected chi connectivity index (χ3v) is 4.29. The minimum Gasteiger partial charge on any atom is -0.277 e. The van der Waals surface area contributed by atoms with Gasteiger partial charge in [0.25, 0.3) is 10.0 Å². The van der Waals surface area contributed by atoms with Gasteiger partial charge in [0.2, 0.25) is 0 Å². The summed E-state index contributed by atoms with van der Waals surface area (Å²) in [6, 6.07) is 1.01. The molecule has 0 aliphatic carbocycles. The number of hydrogen-bond donors (Lipinski definition) is 1. The van der Waals surface area contributed by atoms with E-state index >= 15 is 0 Å². The second-order valence-corrected chi connectivity index (χ2v) is 6.58. The van der Waals surface area contributed by atoms with Crippen molar-refractivity contribution in [2.24, 2.45) is 0 Å². The maximum absolute atomic E-state index is 11.7. The van der Waals surface area contributed by atoms with Gasteiger partial charge in [-0.25, -0.2) is 8.42 Å². The van der Waals surface area contributed by atoms with E-state index in [1.807, 2.05) is 0 Å². The fraction of sp³-hybridized carbons (Fsp3) is 0.333. The molecule has 0 fully saturated rings. The van der Waals surface area contributed by atoms with Crippen molar-refractivity contribution in [3.8, 4) is 0 Å². The fourth-order valence-electron chi connectivity index (χ4n) is 0.742. The van der Waals surface area contributed by atoms with Crippen LogP contribution in [0.5, 0.6) is 0 Å². The van der Waals surface area contributed by atoms with E-state index in [0.29, 0.717) is 0 Å². The Balaban J connectivity index is 2.73. The second kappa shape index (κ2) is 5.29. The lowest BCUT2D eigenvalue weighted by Crippen LogP contribution is -2.29. The SMILES string of the molecule is O=S(=O)(NOCC(F)(F)F)c1cc(Cl)sc1Cl. The Hall–Kier alpha value is -0.0600. The Morgan fingerprint density at radius 2 is 2.00 bits per heavy atom. The molecule has 0 aliphatic rings. The lowest BCUT2D eigenvalue weighted by atomic mass is 10.7. The van der Waals surface area contributed by atoms with Gasteiger partial charge in [-0.2, -0.15) is 13.2 Å². The summed E-state index contributed by atoms with van der Waals surface area (Å²) in [5, 5.41) is 0. The van der Waals surface area contributed by atoms with Crippen molar-refractivity contribution < 1.29 is 26.4 Å². The van der Waals surface area contributed by atoms with E-state index in [-0.39, 0.29) is 8.67 Å². The molecule has 11 heteroatoms. The largest absolute Gasteiger partial charge is 0.413 e. The van der Waals surface area contributed by atoms with Crippen molar-refractivity contribution >= 4 is 44.6 Å². The molecule has 17 heavy (non-hydrogen) atoms. The van der Waals surface area contributed by atoms with Crippen LogP contribution in [0.4, 0.5) is 13.2 Å². The summed E-state index contributed by atoms with van der Waals surface area (Å²) in [6.45, 7) is -1.75. The Morgan fingerprint density at radius 3 is 2.41 bits per heavy atom. The fourth-order valence-corrected chi connectivity index (χ4v) is 3.70. The van der Waals surface area contributed by atoms with E-state index in [2.05, 4.69) is 4.84 Å². The van der Waals surface area contributed by atoms with Crippen LogP contribution in [0.25, 0.3) is 0 Å². The van der Waals surface area contributed by atoms with Gasteiger partial charge >= 0.3 is 6.18 Å². The van der Waals surface area contributed by atoms with Crippen LogP contribution >= 0.6 is 34.5 Å². The first-order chi connectivity index (χ1) is 7.62. The summed E-state index contributed by atoms with van der Waals surface area (Å²) in [7, 11) is -4.27. The molecule has 0 saturated carbocycles. The van der Waals surface area contributed by atoms with E-state index in [1.54, 1.807) is 0 Å². The molecule has 0 aromatic carbocycles. The maximum Gasteiger partial charge on any atom is 0.413 e. The molecule has 0 unspecified atom stereocenters. The Morgan fingerprint density at radius 1 is 1.41 bits per heavy atom. The molecule has 1 rings (SSSR count). The Bertz CT molecular complexity index is 499. The number of alkyl halides is 3. The average molecular weight is 330 g/mol. The zero-order valence-electron chi connectivity index (χ0n) is 7.72. The van der Waals surface area contributed by atoms with Crippen LogP contribution in [0.3, 0.4) is 0 Å². The normalized spacial score (nSPS) is 13.0. The van der Waals surface area contributed by atoms with Gasteiger partial charge in [-0.05, 0) is 6.07 Å². The third-order valence-electron chi connectivity index (χ3n) is 1.32. The first-order valence-corrected chi connectivity index (χ1v) is 6.82. The number of rotatable bonds is 4. The first-order valence-electron chi connectivity index (χ1n) is 3.77. The number of sulfonamides is 1. The lowest BCUT2D eigenvalue weighted by molar-refractivity contribution is -0.181. The van der Waals surface area contributed by atoms with E-state index in [1.165, 1.54) is 4.89 Å². The smallest absolute Gasteiger partial charge is 0.277 e. The molecule has 0 bridgehead atoms. The van der Waals surface area contributed by atoms with Gasteiger partial charge in [0, 0.05) is 0 Å². The van der Waals surface area contributed by atoms with Gasteiger partial charge in [0.05, 0.1) is 4.34 Å². The van der Waals surface area contributed by atoms with Crippen molar-refractivity contribution in [2.75, 3.05) is 6.61 Å². The molecule has 0 radical (unpaired) electrons. The van der Waals surface area contributed by atoms with E-state index in [0.717, 1.165) is 17.4 Å². The minimum absolute atomic E-state index is 0.0891. The molecule has 0 spiro atoms. The van der Waals surface area contributed by atoms with E-state index < -0.39 is 27.7 Å². The van der Waals surface area contributed by atoms with Crippen LogP contribution in [-0.4, -0.2) is 21.2 Å². The predicted octanol–water partition coefficient (Wildman–Crippen LogP) is 2.83. The summed E-state index contributed by atoms with van der Waals surface area (Å²) >= 11 is 11.8. The number of thiophene rings is 1. The van der Waals surface area contributed by atoms with Gasteiger partial charge in [-0.1, -0.05) is 28.1 Å². The number of nitrogens with one attached hydrogen (secondary N) is 1. The molecular weight excluding hydrogens is 326 g/mol. The monoisotopic (exact) mass is 329 g/mol. The van der Waals surface area contributed by atoms with Gasteiger partial charge in [0.1, 0.15) is 9.23 Å².